The van der Waals surface area contributed by atoms with Crippen LogP contribution in [0.3, 0.4) is 0 Å². The van der Waals surface area contributed by atoms with Gasteiger partial charge in [-0.1, -0.05) is 13.8 Å². The van der Waals surface area contributed by atoms with Gasteiger partial charge in [0.05, 0.1) is 5.60 Å². The van der Waals surface area contributed by atoms with E-state index in [9.17, 15) is 14.7 Å². The maximum absolute atomic E-state index is 12.8. The van der Waals surface area contributed by atoms with Crippen molar-refractivity contribution in [3.8, 4) is 0 Å². The van der Waals surface area contributed by atoms with E-state index in [4.69, 9.17) is 0 Å². The van der Waals surface area contributed by atoms with Gasteiger partial charge in [0.15, 0.2) is 0 Å². The van der Waals surface area contributed by atoms with Crippen LogP contribution >= 0.6 is 0 Å². The second kappa shape index (κ2) is 8.61. The minimum atomic E-state index is -0.790. The highest BCUT2D eigenvalue weighted by molar-refractivity contribution is 5.92. The number of hydrogen-bond donors (Lipinski definition) is 2. The highest BCUT2D eigenvalue weighted by Crippen LogP contribution is 2.25. The molecule has 1 aromatic rings. The van der Waals surface area contributed by atoms with Gasteiger partial charge in [-0.15, -0.1) is 0 Å². The summed E-state index contributed by atoms with van der Waals surface area (Å²) < 4.78 is 0. The van der Waals surface area contributed by atoms with Gasteiger partial charge in [-0.05, 0) is 31.2 Å². The smallest absolute Gasteiger partial charge is 0.274 e. The normalized spacial score (nSPS) is 24.5. The van der Waals surface area contributed by atoms with Crippen molar-refractivity contribution < 1.29 is 14.7 Å². The molecule has 0 aromatic carbocycles. The first kappa shape index (κ1) is 20.8. The number of nitrogens with zero attached hydrogens (tertiary/aromatic N) is 4. The fourth-order valence-corrected chi connectivity index (χ4v) is 4.08. The van der Waals surface area contributed by atoms with Crippen LogP contribution in [0.25, 0.3) is 0 Å². The fourth-order valence-electron chi connectivity index (χ4n) is 4.08. The molecule has 2 fully saturated rings. The second-order valence-electron chi connectivity index (χ2n) is 8.52. The van der Waals surface area contributed by atoms with Crippen molar-refractivity contribution in [2.75, 3.05) is 45.8 Å². The van der Waals surface area contributed by atoms with Crippen LogP contribution in [0.1, 0.15) is 62.1 Å². The van der Waals surface area contributed by atoms with E-state index in [0.717, 1.165) is 25.2 Å². The Morgan fingerprint density at radius 3 is 2.46 bits per heavy atom. The number of aromatic nitrogens is 2. The number of piperazine rings is 1. The molecule has 3 heterocycles. The van der Waals surface area contributed by atoms with E-state index in [1.54, 1.807) is 6.92 Å². The van der Waals surface area contributed by atoms with E-state index in [1.165, 1.54) is 0 Å². The highest BCUT2D eigenvalue weighted by atomic mass is 16.3. The van der Waals surface area contributed by atoms with Gasteiger partial charge in [-0.3, -0.25) is 19.6 Å². The van der Waals surface area contributed by atoms with E-state index >= 15 is 0 Å². The number of amides is 2. The number of aliphatic hydroxyl groups is 1. The first-order valence-electron chi connectivity index (χ1n) is 10.3. The maximum Gasteiger partial charge on any atom is 0.274 e. The minimum Gasteiger partial charge on any atom is -0.388 e. The SMILES string of the molecule is CC(=O)N1CCN(CC2(O)CCCN(C(=O)c3cc(C(C)C)[nH]n3)CC2)CC1. The average molecular weight is 392 g/mol. The molecule has 28 heavy (non-hydrogen) atoms. The lowest BCUT2D eigenvalue weighted by Gasteiger charge is -2.39. The zero-order valence-corrected chi connectivity index (χ0v) is 17.3. The van der Waals surface area contributed by atoms with Crippen molar-refractivity contribution in [2.45, 2.75) is 51.6 Å². The Hall–Kier alpha value is -1.93. The molecule has 2 amide bonds. The van der Waals surface area contributed by atoms with E-state index in [-0.39, 0.29) is 11.8 Å². The molecule has 0 saturated carbocycles. The Morgan fingerprint density at radius 1 is 1.14 bits per heavy atom. The molecule has 8 heteroatoms. The van der Waals surface area contributed by atoms with Crippen LogP contribution in [0.4, 0.5) is 0 Å². The minimum absolute atomic E-state index is 0.0672. The molecule has 2 N–H and O–H groups in total. The molecule has 1 aromatic heterocycles. The summed E-state index contributed by atoms with van der Waals surface area (Å²) in [7, 11) is 0. The molecule has 1 unspecified atom stereocenters. The number of hydrogen-bond acceptors (Lipinski definition) is 5. The number of rotatable bonds is 4. The van der Waals surface area contributed by atoms with Crippen molar-refractivity contribution in [1.82, 2.24) is 24.9 Å². The molecule has 0 radical (unpaired) electrons. The van der Waals surface area contributed by atoms with Gasteiger partial charge in [-0.2, -0.15) is 5.10 Å². The molecule has 2 aliphatic rings. The lowest BCUT2D eigenvalue weighted by atomic mass is 9.94. The summed E-state index contributed by atoms with van der Waals surface area (Å²) >= 11 is 0. The molecular weight excluding hydrogens is 358 g/mol. The van der Waals surface area contributed by atoms with Gasteiger partial charge in [0.1, 0.15) is 5.69 Å². The zero-order valence-electron chi connectivity index (χ0n) is 17.3. The summed E-state index contributed by atoms with van der Waals surface area (Å²) in [5.41, 5.74) is 0.621. The fraction of sp³-hybridized carbons (Fsp3) is 0.750. The Balaban J connectivity index is 1.55. The van der Waals surface area contributed by atoms with Crippen LogP contribution in [-0.2, 0) is 4.79 Å². The third-order valence-corrected chi connectivity index (χ3v) is 5.98. The standard InChI is InChI=1S/C20H33N5O3/c1-15(2)17-13-18(22-21-17)19(27)25-7-4-5-20(28,6-8-25)14-23-9-11-24(12-10-23)16(3)26/h13,15,28H,4-12,14H2,1-3H3,(H,21,22). The van der Waals surface area contributed by atoms with Crippen molar-refractivity contribution in [2.24, 2.45) is 0 Å². The molecule has 0 bridgehead atoms. The monoisotopic (exact) mass is 391 g/mol. The third kappa shape index (κ3) is 4.91. The second-order valence-corrected chi connectivity index (χ2v) is 8.52. The topological polar surface area (TPSA) is 92.8 Å². The Bertz CT molecular complexity index is 696. The average Bonchev–Trinajstić information content (AvgIpc) is 3.07. The number of carbonyl (C=O) groups is 2. The van der Waals surface area contributed by atoms with E-state index in [0.29, 0.717) is 57.2 Å². The summed E-state index contributed by atoms with van der Waals surface area (Å²) in [6, 6.07) is 1.83. The Kier molecular flexibility index (Phi) is 6.40. The van der Waals surface area contributed by atoms with Gasteiger partial charge in [0.25, 0.3) is 5.91 Å². The van der Waals surface area contributed by atoms with Crippen LogP contribution in [-0.4, -0.2) is 93.2 Å². The summed E-state index contributed by atoms with van der Waals surface area (Å²) in [6.45, 7) is 10.5. The summed E-state index contributed by atoms with van der Waals surface area (Å²) in [5, 5.41) is 18.3. The Labute approximate surface area is 166 Å². The van der Waals surface area contributed by atoms with Crippen molar-refractivity contribution in [3.05, 3.63) is 17.5 Å². The van der Waals surface area contributed by atoms with Gasteiger partial charge in [0, 0.05) is 58.4 Å². The molecule has 3 rings (SSSR count). The number of carbonyl (C=O) groups excluding carboxylic acids is 2. The van der Waals surface area contributed by atoms with Gasteiger partial charge >= 0.3 is 0 Å². The predicted octanol–water partition coefficient (Wildman–Crippen LogP) is 1.05. The molecule has 0 spiro atoms. The Morgan fingerprint density at radius 2 is 1.86 bits per heavy atom. The number of β-amino-alcohol motifs (C(OH)–C–C–N with tert-alkyl or cyclic N) is 1. The van der Waals surface area contributed by atoms with Crippen molar-refractivity contribution >= 4 is 11.8 Å². The third-order valence-electron chi connectivity index (χ3n) is 5.98. The lowest BCUT2D eigenvalue weighted by molar-refractivity contribution is -0.131. The molecule has 2 saturated heterocycles. The first-order valence-corrected chi connectivity index (χ1v) is 10.3. The lowest BCUT2D eigenvalue weighted by Crippen LogP contribution is -2.53. The highest BCUT2D eigenvalue weighted by Gasteiger charge is 2.35. The molecule has 0 aliphatic carbocycles. The van der Waals surface area contributed by atoms with E-state index < -0.39 is 5.60 Å². The molecule has 2 aliphatic heterocycles. The zero-order chi connectivity index (χ0) is 20.3. The molecular formula is C20H33N5O3. The van der Waals surface area contributed by atoms with Crippen LogP contribution in [0, 0.1) is 0 Å². The number of H-pyrrole nitrogens is 1. The summed E-state index contributed by atoms with van der Waals surface area (Å²) in [4.78, 5) is 30.2. The van der Waals surface area contributed by atoms with Crippen LogP contribution < -0.4 is 0 Å². The summed E-state index contributed by atoms with van der Waals surface area (Å²) in [5.74, 6) is 0.343. The first-order chi connectivity index (χ1) is 13.3. The maximum atomic E-state index is 12.8. The summed E-state index contributed by atoms with van der Waals surface area (Å²) in [6.07, 6.45) is 2.02. The van der Waals surface area contributed by atoms with Crippen LogP contribution in [0.5, 0.6) is 0 Å². The largest absolute Gasteiger partial charge is 0.388 e. The number of aromatic amines is 1. The van der Waals surface area contributed by atoms with Crippen molar-refractivity contribution in [1.29, 1.82) is 0 Å². The number of nitrogens with one attached hydrogen (secondary N) is 1. The quantitative estimate of drug-likeness (QED) is 0.800. The van der Waals surface area contributed by atoms with Crippen molar-refractivity contribution in [3.63, 3.8) is 0 Å². The molecule has 156 valence electrons. The van der Waals surface area contributed by atoms with Gasteiger partial charge < -0.3 is 14.9 Å². The van der Waals surface area contributed by atoms with E-state index in [1.807, 2.05) is 15.9 Å². The van der Waals surface area contributed by atoms with Gasteiger partial charge in [0.2, 0.25) is 5.91 Å². The molecule has 8 nitrogen and oxygen atoms in total. The van der Waals surface area contributed by atoms with Gasteiger partial charge in [-0.25, -0.2) is 0 Å². The van der Waals surface area contributed by atoms with Crippen LogP contribution in [0.15, 0.2) is 6.07 Å². The number of likely N-dealkylation sites (tertiary alicyclic amines) is 1. The van der Waals surface area contributed by atoms with E-state index in [2.05, 4.69) is 28.9 Å². The predicted molar refractivity (Wildman–Crippen MR) is 106 cm³/mol. The van der Waals surface area contributed by atoms with Crippen LogP contribution in [0.2, 0.25) is 0 Å². The molecule has 1 atom stereocenters.